The molecule has 1 heterocycles. The van der Waals surface area contributed by atoms with Crippen LogP contribution >= 0.6 is 0 Å². The van der Waals surface area contributed by atoms with Crippen LogP contribution in [0.25, 0.3) is 0 Å². The molecule has 4 rings (SSSR count). The first-order valence-electron chi connectivity index (χ1n) is 10.5. The monoisotopic (exact) mass is 424 g/mol. The van der Waals surface area contributed by atoms with Crippen LogP contribution in [0.4, 0.5) is 5.69 Å². The number of nitrogens with one attached hydrogen (secondary N) is 2. The smallest absolute Gasteiger partial charge is 0.253 e. The van der Waals surface area contributed by atoms with Crippen LogP contribution in [0, 0.1) is 0 Å². The number of para-hydroxylation sites is 1. The van der Waals surface area contributed by atoms with Gasteiger partial charge in [0.05, 0.1) is 24.1 Å². The van der Waals surface area contributed by atoms with Crippen molar-refractivity contribution in [1.29, 1.82) is 0 Å². The largest absolute Gasteiger partial charge is 0.467 e. The Morgan fingerprint density at radius 1 is 0.750 bits per heavy atom. The van der Waals surface area contributed by atoms with Gasteiger partial charge in [0.25, 0.3) is 5.91 Å². The molecule has 4 aromatic rings. The van der Waals surface area contributed by atoms with Gasteiger partial charge < -0.3 is 15.1 Å². The summed E-state index contributed by atoms with van der Waals surface area (Å²) in [5.41, 5.74) is 3.02. The molecule has 0 atom stereocenters. The van der Waals surface area contributed by atoms with Gasteiger partial charge in [0.1, 0.15) is 5.76 Å². The summed E-state index contributed by atoms with van der Waals surface area (Å²) in [5, 5.41) is 5.75. The van der Waals surface area contributed by atoms with Crippen molar-refractivity contribution in [3.63, 3.8) is 0 Å². The second kappa shape index (κ2) is 10.3. The highest BCUT2D eigenvalue weighted by Gasteiger charge is 2.20. The number of amides is 2. The molecule has 32 heavy (non-hydrogen) atoms. The SMILES string of the molecule is O=C(CC(c1ccccc1)c1ccccc1)Nc1ccccc1C(=O)NCc1ccco1. The van der Waals surface area contributed by atoms with Gasteiger partial charge in [-0.15, -0.1) is 0 Å². The minimum atomic E-state index is -0.278. The van der Waals surface area contributed by atoms with E-state index in [1.54, 1.807) is 42.7 Å². The lowest BCUT2D eigenvalue weighted by molar-refractivity contribution is -0.116. The third-order valence-corrected chi connectivity index (χ3v) is 5.24. The lowest BCUT2D eigenvalue weighted by Crippen LogP contribution is -2.25. The Labute approximate surface area is 187 Å². The average Bonchev–Trinajstić information content (AvgIpc) is 3.36. The van der Waals surface area contributed by atoms with Crippen LogP contribution in [0.3, 0.4) is 0 Å². The van der Waals surface area contributed by atoms with Crippen molar-refractivity contribution >= 4 is 17.5 Å². The van der Waals surface area contributed by atoms with E-state index >= 15 is 0 Å². The second-order valence-corrected chi connectivity index (χ2v) is 7.43. The first-order chi connectivity index (χ1) is 15.7. The molecule has 5 heteroatoms. The van der Waals surface area contributed by atoms with Crippen LogP contribution in [-0.2, 0) is 11.3 Å². The highest BCUT2D eigenvalue weighted by atomic mass is 16.3. The minimum absolute atomic E-state index is 0.0858. The molecule has 0 spiro atoms. The van der Waals surface area contributed by atoms with Crippen LogP contribution in [-0.4, -0.2) is 11.8 Å². The van der Waals surface area contributed by atoms with Crippen molar-refractivity contribution < 1.29 is 14.0 Å². The van der Waals surface area contributed by atoms with Crippen molar-refractivity contribution in [2.75, 3.05) is 5.32 Å². The molecule has 0 radical (unpaired) electrons. The third kappa shape index (κ3) is 5.32. The summed E-state index contributed by atoms with van der Waals surface area (Å²) in [6, 6.07) is 30.5. The zero-order valence-electron chi connectivity index (χ0n) is 17.5. The van der Waals surface area contributed by atoms with Gasteiger partial charge in [-0.3, -0.25) is 9.59 Å². The molecule has 0 saturated carbocycles. The predicted octanol–water partition coefficient (Wildman–Crippen LogP) is 5.37. The van der Waals surface area contributed by atoms with Gasteiger partial charge in [0, 0.05) is 12.3 Å². The zero-order valence-corrected chi connectivity index (χ0v) is 17.5. The first-order valence-corrected chi connectivity index (χ1v) is 10.5. The van der Waals surface area contributed by atoms with Crippen LogP contribution in [0.15, 0.2) is 108 Å². The van der Waals surface area contributed by atoms with Gasteiger partial charge in [0.2, 0.25) is 5.91 Å². The molecule has 0 aliphatic heterocycles. The number of rotatable bonds is 8. The van der Waals surface area contributed by atoms with Crippen LogP contribution in [0.2, 0.25) is 0 Å². The summed E-state index contributed by atoms with van der Waals surface area (Å²) >= 11 is 0. The number of carbonyl (C=O) groups excluding carboxylic acids is 2. The topological polar surface area (TPSA) is 71.3 Å². The predicted molar refractivity (Wildman–Crippen MR) is 124 cm³/mol. The van der Waals surface area contributed by atoms with E-state index in [2.05, 4.69) is 10.6 Å². The summed E-state index contributed by atoms with van der Waals surface area (Å²) in [7, 11) is 0. The number of hydrogen-bond acceptors (Lipinski definition) is 3. The van der Waals surface area contributed by atoms with Gasteiger partial charge in [-0.2, -0.15) is 0 Å². The normalized spacial score (nSPS) is 10.7. The molecule has 0 bridgehead atoms. The maximum Gasteiger partial charge on any atom is 0.253 e. The first kappa shape index (κ1) is 21.1. The standard InChI is InChI=1S/C27H24N2O3/c30-26(18-24(20-10-3-1-4-11-20)21-12-5-2-6-13-21)29-25-16-8-7-15-23(25)27(31)28-19-22-14-9-17-32-22/h1-17,24H,18-19H2,(H,28,31)(H,29,30). The summed E-state index contributed by atoms with van der Waals surface area (Å²) in [4.78, 5) is 25.7. The number of benzene rings is 3. The van der Waals surface area contributed by atoms with Crippen LogP contribution in [0.1, 0.15) is 39.6 Å². The Morgan fingerprint density at radius 3 is 2.00 bits per heavy atom. The lowest BCUT2D eigenvalue weighted by atomic mass is 9.88. The summed E-state index contributed by atoms with van der Waals surface area (Å²) in [6.45, 7) is 0.276. The van der Waals surface area contributed by atoms with E-state index < -0.39 is 0 Å². The Hall–Kier alpha value is -4.12. The Morgan fingerprint density at radius 2 is 1.38 bits per heavy atom. The Kier molecular flexibility index (Phi) is 6.78. The average molecular weight is 425 g/mol. The molecule has 160 valence electrons. The summed E-state index contributed by atoms with van der Waals surface area (Å²) < 4.78 is 5.26. The Balaban J connectivity index is 1.49. The number of furan rings is 1. The summed E-state index contributed by atoms with van der Waals surface area (Å²) in [5.74, 6) is 0.139. The molecular weight excluding hydrogens is 400 g/mol. The number of hydrogen-bond donors (Lipinski definition) is 2. The van der Waals surface area contributed by atoms with Crippen LogP contribution < -0.4 is 10.6 Å². The molecule has 0 fully saturated rings. The maximum atomic E-state index is 13.0. The van der Waals surface area contributed by atoms with Crippen LogP contribution in [0.5, 0.6) is 0 Å². The lowest BCUT2D eigenvalue weighted by Gasteiger charge is -2.18. The van der Waals surface area contributed by atoms with Crippen molar-refractivity contribution in [3.8, 4) is 0 Å². The van der Waals surface area contributed by atoms with Crippen molar-refractivity contribution in [2.45, 2.75) is 18.9 Å². The van der Waals surface area contributed by atoms with E-state index in [0.717, 1.165) is 11.1 Å². The summed E-state index contributed by atoms with van der Waals surface area (Å²) in [6.07, 6.45) is 1.82. The minimum Gasteiger partial charge on any atom is -0.467 e. The molecule has 0 aliphatic carbocycles. The van der Waals surface area contributed by atoms with E-state index in [1.165, 1.54) is 0 Å². The quantitative estimate of drug-likeness (QED) is 0.399. The molecule has 1 aromatic heterocycles. The molecule has 0 unspecified atom stereocenters. The molecule has 5 nitrogen and oxygen atoms in total. The molecule has 0 aliphatic rings. The van der Waals surface area contributed by atoms with Gasteiger partial charge in [0.15, 0.2) is 0 Å². The molecule has 2 N–H and O–H groups in total. The number of anilines is 1. The molecule has 2 amide bonds. The fourth-order valence-corrected chi connectivity index (χ4v) is 3.65. The van der Waals surface area contributed by atoms with Crippen molar-refractivity contribution in [2.24, 2.45) is 0 Å². The molecular formula is C27H24N2O3. The van der Waals surface area contributed by atoms with Gasteiger partial charge in [-0.25, -0.2) is 0 Å². The highest BCUT2D eigenvalue weighted by Crippen LogP contribution is 2.28. The highest BCUT2D eigenvalue weighted by molar-refractivity contribution is 6.03. The number of carbonyl (C=O) groups is 2. The van der Waals surface area contributed by atoms with E-state index in [9.17, 15) is 9.59 Å². The molecule has 0 saturated heterocycles. The van der Waals surface area contributed by atoms with Gasteiger partial charge in [-0.1, -0.05) is 72.8 Å². The van der Waals surface area contributed by atoms with E-state index in [-0.39, 0.29) is 30.7 Å². The fourth-order valence-electron chi connectivity index (χ4n) is 3.65. The van der Waals surface area contributed by atoms with Crippen molar-refractivity contribution in [1.82, 2.24) is 5.32 Å². The third-order valence-electron chi connectivity index (χ3n) is 5.24. The zero-order chi connectivity index (χ0) is 22.2. The second-order valence-electron chi connectivity index (χ2n) is 7.43. The van der Waals surface area contributed by atoms with E-state index in [1.807, 2.05) is 60.7 Å². The fraction of sp³-hybridized carbons (Fsp3) is 0.111. The maximum absolute atomic E-state index is 13.0. The van der Waals surface area contributed by atoms with E-state index in [0.29, 0.717) is 17.0 Å². The Bertz CT molecular complexity index is 1120. The van der Waals surface area contributed by atoms with Gasteiger partial charge >= 0.3 is 0 Å². The molecule has 3 aromatic carbocycles. The van der Waals surface area contributed by atoms with E-state index in [4.69, 9.17) is 4.42 Å². The van der Waals surface area contributed by atoms with Gasteiger partial charge in [-0.05, 0) is 35.4 Å². The van der Waals surface area contributed by atoms with Crippen molar-refractivity contribution in [3.05, 3.63) is 126 Å².